The highest BCUT2D eigenvalue weighted by Crippen LogP contribution is 2.34. The first-order valence-electron chi connectivity index (χ1n) is 15.6. The molecular formula is C34H50O6Si2. The molecule has 0 spiro atoms. The van der Waals surface area contributed by atoms with Crippen molar-refractivity contribution in [3.05, 3.63) is 83.9 Å². The molecule has 0 bridgehead atoms. The zero-order valence-electron chi connectivity index (χ0n) is 26.4. The first-order chi connectivity index (χ1) is 20.5. The summed E-state index contributed by atoms with van der Waals surface area (Å²) in [6, 6.07) is 27.8. The lowest BCUT2D eigenvalue weighted by molar-refractivity contribution is 0.0706. The summed E-state index contributed by atoms with van der Waals surface area (Å²) in [7, 11) is -5.40. The summed E-state index contributed by atoms with van der Waals surface area (Å²) in [4.78, 5) is 0. The van der Waals surface area contributed by atoms with Gasteiger partial charge < -0.3 is 26.6 Å². The molecule has 0 saturated carbocycles. The molecule has 0 heterocycles. The van der Waals surface area contributed by atoms with Gasteiger partial charge in [-0.1, -0.05) is 72.8 Å². The highest BCUT2D eigenvalue weighted by atomic mass is 28.4. The molecule has 230 valence electrons. The third-order valence-electron chi connectivity index (χ3n) is 7.06. The van der Waals surface area contributed by atoms with Gasteiger partial charge in [0, 0.05) is 51.7 Å². The summed E-state index contributed by atoms with van der Waals surface area (Å²) in [5.74, 6) is 0. The van der Waals surface area contributed by atoms with Crippen LogP contribution in [-0.2, 0) is 39.4 Å². The molecule has 6 nitrogen and oxygen atoms in total. The van der Waals surface area contributed by atoms with Gasteiger partial charge in [0.2, 0.25) is 0 Å². The van der Waals surface area contributed by atoms with Crippen LogP contribution in [0.2, 0.25) is 12.1 Å². The van der Waals surface area contributed by atoms with Gasteiger partial charge in [0.05, 0.1) is 0 Å². The second kappa shape index (κ2) is 17.8. The van der Waals surface area contributed by atoms with Crippen molar-refractivity contribution < 1.29 is 26.6 Å². The molecule has 0 unspecified atom stereocenters. The second-order valence-corrected chi connectivity index (χ2v) is 15.4. The van der Waals surface area contributed by atoms with Crippen LogP contribution in [0.4, 0.5) is 0 Å². The molecule has 0 aromatic heterocycles. The highest BCUT2D eigenvalue weighted by molar-refractivity contribution is 6.61. The molecule has 0 saturated heterocycles. The van der Waals surface area contributed by atoms with Gasteiger partial charge >= 0.3 is 17.6 Å². The van der Waals surface area contributed by atoms with E-state index in [9.17, 15) is 0 Å². The summed E-state index contributed by atoms with van der Waals surface area (Å²) in [6.45, 7) is 15.5. The molecule has 0 aliphatic heterocycles. The zero-order valence-corrected chi connectivity index (χ0v) is 28.4. The van der Waals surface area contributed by atoms with Crippen molar-refractivity contribution in [2.75, 3.05) is 39.6 Å². The normalized spacial score (nSPS) is 12.1. The molecule has 0 fully saturated rings. The smallest absolute Gasteiger partial charge is 0.374 e. The number of benzene rings is 3. The van der Waals surface area contributed by atoms with Crippen molar-refractivity contribution in [3.8, 4) is 22.3 Å². The Hall–Kier alpha value is -2.15. The molecule has 0 atom stereocenters. The lowest BCUT2D eigenvalue weighted by Crippen LogP contribution is -2.46. The van der Waals surface area contributed by atoms with E-state index in [0.717, 1.165) is 24.9 Å². The average molecular weight is 611 g/mol. The SMILES string of the molecule is CCO[Si](CCc1ccc(-c2ccc(CC[Si](OCC)(OCC)OCC)cc2-c2ccccc2)cc1)(OCC)OCC. The minimum absolute atomic E-state index is 0.586. The Bertz CT molecular complexity index is 1140. The Labute approximate surface area is 256 Å². The minimum atomic E-state index is -2.72. The van der Waals surface area contributed by atoms with Crippen LogP contribution in [0.25, 0.3) is 22.3 Å². The molecule has 0 radical (unpaired) electrons. The van der Waals surface area contributed by atoms with E-state index >= 15 is 0 Å². The predicted molar refractivity (Wildman–Crippen MR) is 176 cm³/mol. The maximum absolute atomic E-state index is 6.11. The summed E-state index contributed by atoms with van der Waals surface area (Å²) in [6.07, 6.45) is 1.68. The largest absolute Gasteiger partial charge is 0.501 e. The molecule has 0 aliphatic carbocycles. The van der Waals surface area contributed by atoms with Crippen LogP contribution in [0, 0.1) is 0 Å². The Morgan fingerprint density at radius 3 is 1.29 bits per heavy atom. The molecule has 0 amide bonds. The van der Waals surface area contributed by atoms with Gasteiger partial charge in [-0.3, -0.25) is 0 Å². The monoisotopic (exact) mass is 610 g/mol. The Balaban J connectivity index is 1.86. The lowest BCUT2D eigenvalue weighted by atomic mass is 9.92. The second-order valence-electron chi connectivity index (χ2n) is 9.91. The molecular weight excluding hydrogens is 561 g/mol. The van der Waals surface area contributed by atoms with E-state index in [4.69, 9.17) is 26.6 Å². The summed E-state index contributed by atoms with van der Waals surface area (Å²) in [5, 5.41) is 0. The molecule has 3 rings (SSSR count). The van der Waals surface area contributed by atoms with E-state index in [2.05, 4.69) is 72.8 Å². The van der Waals surface area contributed by atoms with Crippen LogP contribution in [0.3, 0.4) is 0 Å². The molecule has 3 aromatic rings. The van der Waals surface area contributed by atoms with Crippen LogP contribution in [0.5, 0.6) is 0 Å². The van der Waals surface area contributed by atoms with Crippen LogP contribution in [0.15, 0.2) is 72.8 Å². The maximum atomic E-state index is 6.11. The fourth-order valence-electron chi connectivity index (χ4n) is 5.30. The van der Waals surface area contributed by atoms with E-state index in [0.29, 0.717) is 39.6 Å². The van der Waals surface area contributed by atoms with Crippen molar-refractivity contribution in [1.29, 1.82) is 0 Å². The lowest BCUT2D eigenvalue weighted by Gasteiger charge is -2.28. The van der Waals surface area contributed by atoms with Gasteiger partial charge in [0.15, 0.2) is 0 Å². The first-order valence-corrected chi connectivity index (χ1v) is 19.4. The van der Waals surface area contributed by atoms with Crippen molar-refractivity contribution >= 4 is 17.6 Å². The summed E-state index contributed by atoms with van der Waals surface area (Å²) in [5.41, 5.74) is 7.30. The van der Waals surface area contributed by atoms with Gasteiger partial charge in [0.25, 0.3) is 0 Å². The molecule has 8 heteroatoms. The van der Waals surface area contributed by atoms with E-state index < -0.39 is 17.6 Å². The standard InChI is InChI=1S/C34H50O6Si2/c1-7-35-41(36-8-2,37-9-3)26-24-29-18-21-32(22-19-29)33-23-20-30(28-34(33)31-16-14-13-15-17-31)25-27-42(38-10-4,39-11-5)40-12-6/h13-23,28H,7-12,24-27H2,1-6H3. The van der Waals surface area contributed by atoms with Crippen molar-refractivity contribution in [2.24, 2.45) is 0 Å². The fraction of sp³-hybridized carbons (Fsp3) is 0.471. The molecule has 0 N–H and O–H groups in total. The van der Waals surface area contributed by atoms with Gasteiger partial charge in [-0.05, 0) is 87.8 Å². The van der Waals surface area contributed by atoms with E-state index in [1.807, 2.05) is 41.5 Å². The summed E-state index contributed by atoms with van der Waals surface area (Å²) < 4.78 is 36.5. The van der Waals surface area contributed by atoms with Crippen LogP contribution in [-0.4, -0.2) is 57.3 Å². The van der Waals surface area contributed by atoms with Crippen LogP contribution >= 0.6 is 0 Å². The van der Waals surface area contributed by atoms with Gasteiger partial charge in [0.1, 0.15) is 0 Å². The van der Waals surface area contributed by atoms with Crippen molar-refractivity contribution in [2.45, 2.75) is 66.5 Å². The van der Waals surface area contributed by atoms with Gasteiger partial charge in [-0.2, -0.15) is 0 Å². The molecule has 0 aliphatic rings. The predicted octanol–water partition coefficient (Wildman–Crippen LogP) is 8.20. The maximum Gasteiger partial charge on any atom is 0.501 e. The first kappa shape index (κ1) is 34.3. The minimum Gasteiger partial charge on any atom is -0.374 e. The van der Waals surface area contributed by atoms with Gasteiger partial charge in [-0.15, -0.1) is 0 Å². The van der Waals surface area contributed by atoms with Crippen LogP contribution < -0.4 is 0 Å². The Kier molecular flexibility index (Phi) is 14.6. The van der Waals surface area contributed by atoms with E-state index in [-0.39, 0.29) is 0 Å². The zero-order chi connectivity index (χ0) is 30.3. The number of aryl methyl sites for hydroxylation is 2. The fourth-order valence-corrected chi connectivity index (χ4v) is 10.5. The number of rotatable bonds is 20. The van der Waals surface area contributed by atoms with Crippen molar-refractivity contribution in [3.63, 3.8) is 0 Å². The molecule has 42 heavy (non-hydrogen) atoms. The number of hydrogen-bond acceptors (Lipinski definition) is 6. The number of hydrogen-bond donors (Lipinski definition) is 0. The highest BCUT2D eigenvalue weighted by Gasteiger charge is 2.40. The topological polar surface area (TPSA) is 55.4 Å². The van der Waals surface area contributed by atoms with Gasteiger partial charge in [-0.25, -0.2) is 0 Å². The Morgan fingerprint density at radius 1 is 0.429 bits per heavy atom. The third kappa shape index (κ3) is 9.69. The van der Waals surface area contributed by atoms with Crippen molar-refractivity contribution in [1.82, 2.24) is 0 Å². The Morgan fingerprint density at radius 2 is 0.833 bits per heavy atom. The van der Waals surface area contributed by atoms with Crippen LogP contribution in [0.1, 0.15) is 52.7 Å². The third-order valence-corrected chi connectivity index (χ3v) is 13.2. The van der Waals surface area contributed by atoms with E-state index in [1.165, 1.54) is 33.4 Å². The molecule has 3 aromatic carbocycles. The van der Waals surface area contributed by atoms with E-state index in [1.54, 1.807) is 0 Å². The average Bonchev–Trinajstić information content (AvgIpc) is 3.00. The quantitative estimate of drug-likeness (QED) is 0.120. The summed E-state index contributed by atoms with van der Waals surface area (Å²) >= 11 is 0.